The molecule has 0 atom stereocenters. The third kappa shape index (κ3) is 4.76. The number of likely N-dealkylation sites (tertiary alicyclic amines) is 1. The van der Waals surface area contributed by atoms with Crippen molar-refractivity contribution >= 4 is 22.6 Å². The van der Waals surface area contributed by atoms with Crippen molar-refractivity contribution in [1.29, 1.82) is 0 Å². The van der Waals surface area contributed by atoms with E-state index >= 15 is 0 Å². The fourth-order valence-corrected chi connectivity index (χ4v) is 5.51. The Balaban J connectivity index is 1.33. The van der Waals surface area contributed by atoms with Gasteiger partial charge in [0.1, 0.15) is 17.2 Å². The van der Waals surface area contributed by atoms with Gasteiger partial charge in [-0.1, -0.05) is 12.1 Å². The number of nitro benzene ring substituents is 1. The van der Waals surface area contributed by atoms with Gasteiger partial charge in [-0.25, -0.2) is 9.48 Å². The molecule has 3 aromatic carbocycles. The number of nitro groups is 1. The van der Waals surface area contributed by atoms with E-state index in [0.29, 0.717) is 60.1 Å². The summed E-state index contributed by atoms with van der Waals surface area (Å²) in [4.78, 5) is 42.1. The highest BCUT2D eigenvalue weighted by molar-refractivity contribution is 5.94. The first kappa shape index (κ1) is 26.8. The third-order valence-electron chi connectivity index (χ3n) is 7.66. The smallest absolute Gasteiger partial charge is 0.326 e. The van der Waals surface area contributed by atoms with Crippen LogP contribution in [0.5, 0.6) is 11.5 Å². The summed E-state index contributed by atoms with van der Waals surface area (Å²) < 4.78 is 14.2. The van der Waals surface area contributed by atoms with E-state index in [4.69, 9.17) is 14.6 Å². The summed E-state index contributed by atoms with van der Waals surface area (Å²) >= 11 is 0. The number of aromatic nitrogens is 4. The lowest BCUT2D eigenvalue weighted by Crippen LogP contribution is -2.41. The molecule has 5 aromatic rings. The van der Waals surface area contributed by atoms with Crippen molar-refractivity contribution in [3.05, 3.63) is 99.1 Å². The fourth-order valence-electron chi connectivity index (χ4n) is 5.51. The molecule has 0 spiro atoms. The predicted octanol–water partition coefficient (Wildman–Crippen LogP) is 4.59. The maximum atomic E-state index is 14.0. The molecule has 0 aliphatic carbocycles. The first-order valence-electron chi connectivity index (χ1n) is 13.4. The molecular weight excluding hydrogens is 540 g/mol. The summed E-state index contributed by atoms with van der Waals surface area (Å²) in [5, 5.41) is 16.0. The van der Waals surface area contributed by atoms with E-state index in [0.717, 1.165) is 11.0 Å². The van der Waals surface area contributed by atoms with Crippen molar-refractivity contribution in [3.8, 4) is 28.4 Å². The molecule has 1 N–H and O–H groups in total. The molecule has 1 saturated heterocycles. The first-order chi connectivity index (χ1) is 20.4. The van der Waals surface area contributed by atoms with Crippen molar-refractivity contribution in [2.24, 2.45) is 0 Å². The summed E-state index contributed by atoms with van der Waals surface area (Å²) in [7, 11) is 3.10. The van der Waals surface area contributed by atoms with Crippen molar-refractivity contribution in [3.63, 3.8) is 0 Å². The average Bonchev–Trinajstić information content (AvgIpc) is 3.61. The number of para-hydroxylation sites is 2. The minimum Gasteiger partial charge on any atom is -0.497 e. The molecule has 0 unspecified atom stereocenters. The molecule has 12 nitrogen and oxygen atoms in total. The van der Waals surface area contributed by atoms with E-state index in [1.54, 1.807) is 60.1 Å². The lowest BCUT2D eigenvalue weighted by molar-refractivity contribution is -0.384. The lowest BCUT2D eigenvalue weighted by Gasteiger charge is -2.32. The van der Waals surface area contributed by atoms with Crippen LogP contribution >= 0.6 is 0 Å². The Hall–Kier alpha value is -5.39. The molecule has 1 aliphatic rings. The van der Waals surface area contributed by atoms with Crippen LogP contribution in [-0.2, 0) is 0 Å². The number of piperidine rings is 1. The van der Waals surface area contributed by atoms with Crippen LogP contribution in [0.15, 0.2) is 77.6 Å². The summed E-state index contributed by atoms with van der Waals surface area (Å²) in [5.74, 6) is 0.898. The second-order valence-corrected chi connectivity index (χ2v) is 10.0. The number of rotatable bonds is 7. The quantitative estimate of drug-likeness (QED) is 0.224. The molecule has 1 amide bonds. The second-order valence-electron chi connectivity index (χ2n) is 10.0. The number of carbonyl (C=O) groups is 1. The number of carbonyl (C=O) groups excluding carboxylic acids is 1. The van der Waals surface area contributed by atoms with Crippen LogP contribution < -0.4 is 15.2 Å². The molecule has 214 valence electrons. The molecule has 0 radical (unpaired) electrons. The average molecular weight is 569 g/mol. The highest BCUT2D eigenvalue weighted by atomic mass is 16.6. The van der Waals surface area contributed by atoms with Gasteiger partial charge in [-0.05, 0) is 55.3 Å². The van der Waals surface area contributed by atoms with Gasteiger partial charge in [-0.2, -0.15) is 5.10 Å². The Bertz CT molecular complexity index is 1850. The molecule has 1 fully saturated rings. The minimum atomic E-state index is -0.476. The number of imidazole rings is 1. The highest BCUT2D eigenvalue weighted by Crippen LogP contribution is 2.34. The van der Waals surface area contributed by atoms with Crippen LogP contribution in [0.2, 0.25) is 0 Å². The number of H-pyrrole nitrogens is 1. The molecule has 0 bridgehead atoms. The van der Waals surface area contributed by atoms with Gasteiger partial charge in [-0.15, -0.1) is 0 Å². The Morgan fingerprint density at radius 1 is 1.00 bits per heavy atom. The number of fused-ring (bicyclic) bond motifs is 1. The molecule has 42 heavy (non-hydrogen) atoms. The van der Waals surface area contributed by atoms with Crippen LogP contribution in [-0.4, -0.2) is 62.4 Å². The zero-order valence-corrected chi connectivity index (χ0v) is 23.0. The van der Waals surface area contributed by atoms with Gasteiger partial charge in [0.25, 0.3) is 11.6 Å². The van der Waals surface area contributed by atoms with Gasteiger partial charge in [-0.3, -0.25) is 19.5 Å². The van der Waals surface area contributed by atoms with Gasteiger partial charge < -0.3 is 19.4 Å². The number of hydrogen-bond acceptors (Lipinski definition) is 7. The summed E-state index contributed by atoms with van der Waals surface area (Å²) in [6.07, 6.45) is 1.22. The van der Waals surface area contributed by atoms with E-state index in [1.807, 2.05) is 24.3 Å². The van der Waals surface area contributed by atoms with Gasteiger partial charge in [0.2, 0.25) is 0 Å². The van der Waals surface area contributed by atoms with E-state index in [1.165, 1.54) is 16.8 Å². The molecule has 12 heteroatoms. The van der Waals surface area contributed by atoms with Gasteiger partial charge in [0.15, 0.2) is 0 Å². The number of nitrogens with one attached hydrogen (secondary N) is 1. The van der Waals surface area contributed by atoms with Gasteiger partial charge >= 0.3 is 5.69 Å². The Morgan fingerprint density at radius 3 is 2.43 bits per heavy atom. The number of aromatic amines is 1. The Labute approximate surface area is 239 Å². The van der Waals surface area contributed by atoms with Gasteiger partial charge in [0.05, 0.1) is 41.6 Å². The largest absolute Gasteiger partial charge is 0.497 e. The van der Waals surface area contributed by atoms with Gasteiger partial charge in [0, 0.05) is 42.9 Å². The molecule has 2 aromatic heterocycles. The van der Waals surface area contributed by atoms with E-state index in [2.05, 4.69) is 4.98 Å². The van der Waals surface area contributed by atoms with Crippen molar-refractivity contribution in [2.45, 2.75) is 18.9 Å². The zero-order chi connectivity index (χ0) is 29.4. The standard InChI is InChI=1S/C30H28N6O6/c1-41-22-11-12-23(28(17-22)42-2)25-18-27(35(32-25)20-7-9-21(10-8-20)36(39)40)29(37)33-15-13-19(14-16-33)34-26-6-4-3-5-24(26)31-30(34)38/h3-12,17-19H,13-16H2,1-2H3,(H,31,38). The highest BCUT2D eigenvalue weighted by Gasteiger charge is 2.29. The monoisotopic (exact) mass is 568 g/mol. The normalized spacial score (nSPS) is 13.8. The summed E-state index contributed by atoms with van der Waals surface area (Å²) in [6.45, 7) is 0.893. The van der Waals surface area contributed by atoms with E-state index < -0.39 is 4.92 Å². The number of nitrogens with zero attached hydrogens (tertiary/aromatic N) is 5. The third-order valence-corrected chi connectivity index (χ3v) is 7.66. The molecule has 3 heterocycles. The molecular formula is C30H28N6O6. The Morgan fingerprint density at radius 2 is 1.74 bits per heavy atom. The van der Waals surface area contributed by atoms with Crippen molar-refractivity contribution in [1.82, 2.24) is 24.2 Å². The fraction of sp³-hybridized carbons (Fsp3) is 0.233. The predicted molar refractivity (Wildman–Crippen MR) is 155 cm³/mol. The second kappa shape index (κ2) is 10.9. The number of non-ortho nitro benzene ring substituents is 1. The Kier molecular flexibility index (Phi) is 6.95. The van der Waals surface area contributed by atoms with Crippen LogP contribution in [0.3, 0.4) is 0 Å². The minimum absolute atomic E-state index is 0.0450. The van der Waals surface area contributed by atoms with Crippen LogP contribution in [0.1, 0.15) is 29.4 Å². The van der Waals surface area contributed by atoms with Crippen molar-refractivity contribution < 1.29 is 19.2 Å². The first-order valence-corrected chi connectivity index (χ1v) is 13.4. The number of hydrogen-bond donors (Lipinski definition) is 1. The zero-order valence-electron chi connectivity index (χ0n) is 23.0. The number of benzene rings is 3. The molecule has 1 aliphatic heterocycles. The number of amides is 1. The maximum Gasteiger partial charge on any atom is 0.326 e. The van der Waals surface area contributed by atoms with Crippen LogP contribution in [0.4, 0.5) is 5.69 Å². The number of ether oxygens (including phenoxy) is 2. The summed E-state index contributed by atoms with van der Waals surface area (Å²) in [5.41, 5.74) is 3.38. The van der Waals surface area contributed by atoms with E-state index in [9.17, 15) is 19.7 Å². The molecule has 6 rings (SSSR count). The molecule has 0 saturated carbocycles. The van der Waals surface area contributed by atoms with Crippen LogP contribution in [0, 0.1) is 10.1 Å². The summed E-state index contributed by atoms with van der Waals surface area (Å²) in [6, 6.07) is 20.4. The maximum absolute atomic E-state index is 14.0. The number of methoxy groups -OCH3 is 2. The van der Waals surface area contributed by atoms with Crippen LogP contribution in [0.25, 0.3) is 28.0 Å². The SMILES string of the molecule is COc1ccc(-c2cc(C(=O)N3CCC(n4c(=O)[nH]c5ccccc54)CC3)n(-c3ccc([N+](=O)[O-])cc3)n2)c(OC)c1. The van der Waals surface area contributed by atoms with E-state index in [-0.39, 0.29) is 23.3 Å². The van der Waals surface area contributed by atoms with Crippen molar-refractivity contribution in [2.75, 3.05) is 27.3 Å². The topological polar surface area (TPSA) is 138 Å². The lowest BCUT2D eigenvalue weighted by atomic mass is 10.0.